The summed E-state index contributed by atoms with van der Waals surface area (Å²) in [6, 6.07) is 3.75. The minimum atomic E-state index is -0.454. The fourth-order valence-corrected chi connectivity index (χ4v) is 1.64. The first-order valence-electron chi connectivity index (χ1n) is 4.80. The molecule has 2 N–H and O–H groups in total. The first kappa shape index (κ1) is 10.1. The predicted molar refractivity (Wildman–Crippen MR) is 56.3 cm³/mol. The summed E-state index contributed by atoms with van der Waals surface area (Å²) in [5.74, 6) is 2.02. The maximum atomic E-state index is 6.04. The van der Waals surface area contributed by atoms with E-state index in [1.165, 1.54) is 0 Å². The van der Waals surface area contributed by atoms with Gasteiger partial charge in [-0.05, 0) is 26.0 Å². The molecular formula is C11H15NO3. The summed E-state index contributed by atoms with van der Waals surface area (Å²) >= 11 is 0. The highest BCUT2D eigenvalue weighted by molar-refractivity contribution is 5.58. The van der Waals surface area contributed by atoms with Crippen molar-refractivity contribution in [3.05, 3.63) is 17.7 Å². The quantitative estimate of drug-likeness (QED) is 0.804. The summed E-state index contributed by atoms with van der Waals surface area (Å²) in [7, 11) is 1.60. The van der Waals surface area contributed by atoms with E-state index >= 15 is 0 Å². The van der Waals surface area contributed by atoms with Gasteiger partial charge < -0.3 is 19.9 Å². The molecule has 0 aromatic heterocycles. The molecule has 1 aliphatic heterocycles. The van der Waals surface area contributed by atoms with E-state index in [0.717, 1.165) is 5.56 Å². The fraction of sp³-hybridized carbons (Fsp3) is 0.455. The third kappa shape index (κ3) is 1.61. The van der Waals surface area contributed by atoms with Gasteiger partial charge in [0.25, 0.3) is 0 Å². The number of rotatable bonds is 2. The van der Waals surface area contributed by atoms with Crippen LogP contribution in [0.25, 0.3) is 0 Å². The summed E-state index contributed by atoms with van der Waals surface area (Å²) < 4.78 is 15.9. The van der Waals surface area contributed by atoms with Crippen molar-refractivity contribution in [2.45, 2.75) is 19.4 Å². The van der Waals surface area contributed by atoms with Gasteiger partial charge in [0.2, 0.25) is 12.5 Å². The van der Waals surface area contributed by atoms with E-state index in [4.69, 9.17) is 19.9 Å². The van der Waals surface area contributed by atoms with Gasteiger partial charge in [-0.15, -0.1) is 0 Å². The molecule has 0 unspecified atom stereocenters. The van der Waals surface area contributed by atoms with E-state index in [2.05, 4.69) is 0 Å². The minimum absolute atomic E-state index is 0.221. The van der Waals surface area contributed by atoms with Crippen molar-refractivity contribution in [1.82, 2.24) is 0 Å². The monoisotopic (exact) mass is 209 g/mol. The van der Waals surface area contributed by atoms with E-state index in [1.54, 1.807) is 7.11 Å². The van der Waals surface area contributed by atoms with E-state index < -0.39 is 5.54 Å². The lowest BCUT2D eigenvalue weighted by Crippen LogP contribution is -2.28. The molecule has 1 aromatic carbocycles. The van der Waals surface area contributed by atoms with Crippen molar-refractivity contribution in [3.8, 4) is 17.2 Å². The van der Waals surface area contributed by atoms with Crippen LogP contribution in [0.3, 0.4) is 0 Å². The molecule has 82 valence electrons. The standard InChI is InChI=1S/C11H15NO3/c1-11(2,12)7-4-5-8(13-3)10-9(7)14-6-15-10/h4-5H,6,12H2,1-3H3. The zero-order valence-corrected chi connectivity index (χ0v) is 9.16. The van der Waals surface area contributed by atoms with Gasteiger partial charge in [-0.3, -0.25) is 0 Å². The second kappa shape index (κ2) is 3.31. The Labute approximate surface area is 88.9 Å². The molecule has 0 atom stereocenters. The highest BCUT2D eigenvalue weighted by Crippen LogP contribution is 2.45. The molecule has 2 rings (SSSR count). The average molecular weight is 209 g/mol. The molecule has 0 fully saturated rings. The Hall–Kier alpha value is -1.42. The zero-order valence-electron chi connectivity index (χ0n) is 9.16. The maximum absolute atomic E-state index is 6.04. The number of fused-ring (bicyclic) bond motifs is 1. The van der Waals surface area contributed by atoms with Gasteiger partial charge in [0.15, 0.2) is 11.5 Å². The van der Waals surface area contributed by atoms with Gasteiger partial charge in [-0.2, -0.15) is 0 Å². The summed E-state index contributed by atoms with van der Waals surface area (Å²) in [5.41, 5.74) is 6.52. The van der Waals surface area contributed by atoms with Crippen LogP contribution >= 0.6 is 0 Å². The number of methoxy groups -OCH3 is 1. The lowest BCUT2D eigenvalue weighted by molar-refractivity contribution is 0.169. The molecule has 4 heteroatoms. The molecule has 1 heterocycles. The number of benzene rings is 1. The largest absolute Gasteiger partial charge is 0.493 e. The Kier molecular flexibility index (Phi) is 2.23. The van der Waals surface area contributed by atoms with Gasteiger partial charge >= 0.3 is 0 Å². The van der Waals surface area contributed by atoms with Gasteiger partial charge in [0.05, 0.1) is 7.11 Å². The molecule has 15 heavy (non-hydrogen) atoms. The SMILES string of the molecule is COc1ccc(C(C)(C)N)c2c1OCO2. The predicted octanol–water partition coefficient (Wildman–Crippen LogP) is 1.62. The smallest absolute Gasteiger partial charge is 0.231 e. The Balaban J connectivity index is 2.57. The molecule has 0 spiro atoms. The van der Waals surface area contributed by atoms with Gasteiger partial charge in [0, 0.05) is 11.1 Å². The van der Waals surface area contributed by atoms with E-state index in [0.29, 0.717) is 17.2 Å². The van der Waals surface area contributed by atoms with Gasteiger partial charge in [0.1, 0.15) is 0 Å². The van der Waals surface area contributed by atoms with E-state index in [9.17, 15) is 0 Å². The van der Waals surface area contributed by atoms with Crippen molar-refractivity contribution in [2.24, 2.45) is 5.73 Å². The van der Waals surface area contributed by atoms with Crippen molar-refractivity contribution in [2.75, 3.05) is 13.9 Å². The second-order valence-electron chi connectivity index (χ2n) is 4.10. The first-order valence-corrected chi connectivity index (χ1v) is 4.80. The molecule has 1 aliphatic rings. The van der Waals surface area contributed by atoms with Gasteiger partial charge in [-0.1, -0.05) is 0 Å². The van der Waals surface area contributed by atoms with Crippen LogP contribution in [-0.2, 0) is 5.54 Å². The molecule has 0 saturated heterocycles. The number of hydrogen-bond donors (Lipinski definition) is 1. The van der Waals surface area contributed by atoms with Crippen molar-refractivity contribution in [3.63, 3.8) is 0 Å². The lowest BCUT2D eigenvalue weighted by Gasteiger charge is -2.21. The average Bonchev–Trinajstić information content (AvgIpc) is 2.62. The van der Waals surface area contributed by atoms with E-state index in [1.807, 2.05) is 26.0 Å². The first-order chi connectivity index (χ1) is 7.04. The third-order valence-electron chi connectivity index (χ3n) is 2.40. The molecule has 1 aromatic rings. The van der Waals surface area contributed by atoms with Crippen LogP contribution < -0.4 is 19.9 Å². The fourth-order valence-electron chi connectivity index (χ4n) is 1.64. The van der Waals surface area contributed by atoms with E-state index in [-0.39, 0.29) is 6.79 Å². The van der Waals surface area contributed by atoms with Crippen LogP contribution in [0.15, 0.2) is 12.1 Å². The van der Waals surface area contributed by atoms with Crippen molar-refractivity contribution >= 4 is 0 Å². The highest BCUT2D eigenvalue weighted by Gasteiger charge is 2.28. The molecule has 0 radical (unpaired) electrons. The molecule has 0 saturated carbocycles. The summed E-state index contributed by atoms with van der Waals surface area (Å²) in [5, 5.41) is 0. The Morgan fingerprint density at radius 1 is 1.27 bits per heavy atom. The van der Waals surface area contributed by atoms with Gasteiger partial charge in [-0.25, -0.2) is 0 Å². The Bertz CT molecular complexity index is 382. The highest BCUT2D eigenvalue weighted by atomic mass is 16.7. The molecule has 0 amide bonds. The van der Waals surface area contributed by atoms with Crippen molar-refractivity contribution < 1.29 is 14.2 Å². The van der Waals surface area contributed by atoms with Crippen LogP contribution in [0.2, 0.25) is 0 Å². The number of nitrogens with two attached hydrogens (primary N) is 1. The topological polar surface area (TPSA) is 53.7 Å². The maximum Gasteiger partial charge on any atom is 0.231 e. The lowest BCUT2D eigenvalue weighted by atomic mass is 9.94. The zero-order chi connectivity index (χ0) is 11.1. The third-order valence-corrected chi connectivity index (χ3v) is 2.40. The second-order valence-corrected chi connectivity index (χ2v) is 4.10. The number of ether oxygens (including phenoxy) is 3. The normalized spacial score (nSPS) is 14.1. The molecule has 4 nitrogen and oxygen atoms in total. The molecule has 0 bridgehead atoms. The Morgan fingerprint density at radius 3 is 2.53 bits per heavy atom. The summed E-state index contributed by atoms with van der Waals surface area (Å²) in [4.78, 5) is 0. The minimum Gasteiger partial charge on any atom is -0.493 e. The van der Waals surface area contributed by atoms with Crippen LogP contribution in [0.5, 0.6) is 17.2 Å². The van der Waals surface area contributed by atoms with Crippen LogP contribution in [0, 0.1) is 0 Å². The van der Waals surface area contributed by atoms with Crippen LogP contribution in [0.1, 0.15) is 19.4 Å². The Morgan fingerprint density at radius 2 is 1.93 bits per heavy atom. The summed E-state index contributed by atoms with van der Waals surface area (Å²) in [6.45, 7) is 4.08. The molecular weight excluding hydrogens is 194 g/mol. The van der Waals surface area contributed by atoms with Crippen molar-refractivity contribution in [1.29, 1.82) is 0 Å². The molecule has 0 aliphatic carbocycles. The number of hydrogen-bond acceptors (Lipinski definition) is 4. The van der Waals surface area contributed by atoms with Crippen LogP contribution in [-0.4, -0.2) is 13.9 Å². The summed E-state index contributed by atoms with van der Waals surface area (Å²) in [6.07, 6.45) is 0. The van der Waals surface area contributed by atoms with Crippen LogP contribution in [0.4, 0.5) is 0 Å².